The molecule has 0 aliphatic carbocycles. The molecule has 0 spiro atoms. The van der Waals surface area contributed by atoms with E-state index >= 15 is 0 Å². The molecule has 0 aliphatic heterocycles. The monoisotopic (exact) mass is 501 g/mol. The van der Waals surface area contributed by atoms with Crippen LogP contribution in [0.3, 0.4) is 0 Å². The molecule has 1 aromatic rings. The first kappa shape index (κ1) is 30.4. The van der Waals surface area contributed by atoms with Crippen molar-refractivity contribution in [1.29, 1.82) is 5.26 Å². The fraction of sp³-hybridized carbons (Fsp3) is 0.577. The highest BCUT2D eigenvalue weighted by Gasteiger charge is 2.36. The summed E-state index contributed by atoms with van der Waals surface area (Å²) in [5, 5.41) is 14.9. The standard InChI is InChI=1S/C26H39N5O5/c1-6-7-10-16-29-23(33)22(19-12-9-8-11-18(19)2)31(17-15-27)24(34)20(13-14-21(28)32)30-25(35)36-26(3,4)5/h8-9,11-12,20,22H,6-7,10,13-14,16-17H2,1-5H3,(H2,28,32)(H,29,33)(H,30,35). The Morgan fingerprint density at radius 1 is 1.17 bits per heavy atom. The zero-order chi connectivity index (χ0) is 27.3. The fourth-order valence-electron chi connectivity index (χ4n) is 3.59. The molecule has 0 fully saturated rings. The van der Waals surface area contributed by atoms with E-state index in [4.69, 9.17) is 10.5 Å². The van der Waals surface area contributed by atoms with E-state index in [0.717, 1.165) is 29.7 Å². The van der Waals surface area contributed by atoms with Crippen molar-refractivity contribution < 1.29 is 23.9 Å². The van der Waals surface area contributed by atoms with Gasteiger partial charge in [0.05, 0.1) is 6.07 Å². The number of rotatable bonds is 13. The summed E-state index contributed by atoms with van der Waals surface area (Å²) in [5.41, 5.74) is 5.77. The lowest BCUT2D eigenvalue weighted by molar-refractivity contribution is -0.142. The lowest BCUT2D eigenvalue weighted by Crippen LogP contribution is -2.53. The van der Waals surface area contributed by atoms with Gasteiger partial charge < -0.3 is 26.0 Å². The number of carbonyl (C=O) groups excluding carboxylic acids is 4. The lowest BCUT2D eigenvalue weighted by atomic mass is 9.97. The van der Waals surface area contributed by atoms with Crippen LogP contribution in [0.15, 0.2) is 24.3 Å². The van der Waals surface area contributed by atoms with E-state index in [9.17, 15) is 24.4 Å². The Hall–Kier alpha value is -3.61. The highest BCUT2D eigenvalue weighted by molar-refractivity contribution is 5.92. The average Bonchev–Trinajstić information content (AvgIpc) is 2.78. The van der Waals surface area contributed by atoms with E-state index in [0.29, 0.717) is 12.1 Å². The van der Waals surface area contributed by atoms with Crippen LogP contribution in [0, 0.1) is 18.3 Å². The number of nitrogens with zero attached hydrogens (tertiary/aromatic N) is 2. The Bertz CT molecular complexity index is 951. The van der Waals surface area contributed by atoms with Gasteiger partial charge in [0.2, 0.25) is 17.7 Å². The molecule has 0 bridgehead atoms. The van der Waals surface area contributed by atoms with Gasteiger partial charge in [-0.3, -0.25) is 14.4 Å². The van der Waals surface area contributed by atoms with Gasteiger partial charge in [0, 0.05) is 13.0 Å². The maximum absolute atomic E-state index is 13.7. The lowest BCUT2D eigenvalue weighted by Gasteiger charge is -2.33. The zero-order valence-electron chi connectivity index (χ0n) is 21.9. The molecule has 0 aliphatic rings. The number of carbonyl (C=O) groups is 4. The minimum Gasteiger partial charge on any atom is -0.444 e. The molecule has 1 rings (SSSR count). The zero-order valence-corrected chi connectivity index (χ0v) is 21.9. The van der Waals surface area contributed by atoms with Crippen molar-refractivity contribution in [3.8, 4) is 6.07 Å². The second kappa shape index (κ2) is 14.7. The number of nitrogens with one attached hydrogen (secondary N) is 2. The molecule has 0 saturated carbocycles. The van der Waals surface area contributed by atoms with E-state index in [1.54, 1.807) is 32.9 Å². The predicted octanol–water partition coefficient (Wildman–Crippen LogP) is 2.85. The maximum Gasteiger partial charge on any atom is 0.408 e. The van der Waals surface area contributed by atoms with Gasteiger partial charge in [0.1, 0.15) is 24.2 Å². The molecule has 0 saturated heterocycles. The molecule has 36 heavy (non-hydrogen) atoms. The second-order valence-electron chi connectivity index (χ2n) is 9.59. The van der Waals surface area contributed by atoms with Gasteiger partial charge in [-0.25, -0.2) is 4.79 Å². The highest BCUT2D eigenvalue weighted by atomic mass is 16.6. The van der Waals surface area contributed by atoms with Gasteiger partial charge in [0.15, 0.2) is 0 Å². The Labute approximate surface area is 213 Å². The highest BCUT2D eigenvalue weighted by Crippen LogP contribution is 2.26. The first-order chi connectivity index (χ1) is 16.9. The summed E-state index contributed by atoms with van der Waals surface area (Å²) in [6.07, 6.45) is 1.52. The first-order valence-electron chi connectivity index (χ1n) is 12.2. The molecule has 4 amide bonds. The number of nitrogens with two attached hydrogens (primary N) is 1. The molecule has 4 N–H and O–H groups in total. The van der Waals surface area contributed by atoms with Crippen molar-refractivity contribution in [3.05, 3.63) is 35.4 Å². The van der Waals surface area contributed by atoms with E-state index < -0.39 is 48.0 Å². The van der Waals surface area contributed by atoms with Gasteiger partial charge >= 0.3 is 6.09 Å². The van der Waals surface area contributed by atoms with Crippen LogP contribution in [0.25, 0.3) is 0 Å². The molecular weight excluding hydrogens is 462 g/mol. The van der Waals surface area contributed by atoms with Crippen LogP contribution in [0.5, 0.6) is 0 Å². The molecule has 10 heteroatoms. The third kappa shape index (κ3) is 10.3. The van der Waals surface area contributed by atoms with Crippen LogP contribution >= 0.6 is 0 Å². The predicted molar refractivity (Wildman–Crippen MR) is 135 cm³/mol. The van der Waals surface area contributed by atoms with Crippen molar-refractivity contribution in [2.75, 3.05) is 13.1 Å². The molecule has 2 atom stereocenters. The number of benzene rings is 1. The number of ether oxygens (including phenoxy) is 1. The summed E-state index contributed by atoms with van der Waals surface area (Å²) < 4.78 is 5.27. The van der Waals surface area contributed by atoms with E-state index in [-0.39, 0.29) is 12.8 Å². The number of unbranched alkanes of at least 4 members (excludes halogenated alkanes) is 2. The minimum absolute atomic E-state index is 0.117. The third-order valence-corrected chi connectivity index (χ3v) is 5.32. The summed E-state index contributed by atoms with van der Waals surface area (Å²) in [6.45, 7) is 8.89. The number of alkyl carbamates (subject to hydrolysis) is 1. The third-order valence-electron chi connectivity index (χ3n) is 5.32. The van der Waals surface area contributed by atoms with Gasteiger partial charge in [-0.15, -0.1) is 0 Å². The number of nitriles is 1. The van der Waals surface area contributed by atoms with Gasteiger partial charge in [-0.2, -0.15) is 5.26 Å². The molecular formula is C26H39N5O5. The molecule has 2 unspecified atom stereocenters. The Morgan fingerprint density at radius 2 is 1.83 bits per heavy atom. The largest absolute Gasteiger partial charge is 0.444 e. The Kier molecular flexibility index (Phi) is 12.4. The summed E-state index contributed by atoms with van der Waals surface area (Å²) in [4.78, 5) is 52.1. The average molecular weight is 502 g/mol. The summed E-state index contributed by atoms with van der Waals surface area (Å²) >= 11 is 0. The molecule has 198 valence electrons. The number of amides is 4. The van der Waals surface area contributed by atoms with Crippen molar-refractivity contribution in [2.45, 2.75) is 84.4 Å². The summed E-state index contributed by atoms with van der Waals surface area (Å²) in [5.74, 6) is -1.79. The van der Waals surface area contributed by atoms with Gasteiger partial charge in [0.25, 0.3) is 0 Å². The van der Waals surface area contributed by atoms with Crippen LogP contribution in [-0.2, 0) is 19.1 Å². The van der Waals surface area contributed by atoms with E-state index in [2.05, 4.69) is 17.6 Å². The molecule has 1 aromatic carbocycles. The second-order valence-corrected chi connectivity index (χ2v) is 9.59. The molecule has 0 heterocycles. The first-order valence-corrected chi connectivity index (χ1v) is 12.2. The van der Waals surface area contributed by atoms with Crippen LogP contribution in [-0.4, -0.2) is 53.4 Å². The van der Waals surface area contributed by atoms with Crippen LogP contribution in [0.1, 0.15) is 77.0 Å². The van der Waals surface area contributed by atoms with Gasteiger partial charge in [-0.05, 0) is 51.7 Å². The normalized spacial score (nSPS) is 12.6. The van der Waals surface area contributed by atoms with Crippen molar-refractivity contribution in [3.63, 3.8) is 0 Å². The van der Waals surface area contributed by atoms with Gasteiger partial charge in [-0.1, -0.05) is 44.0 Å². The summed E-state index contributed by atoms with van der Waals surface area (Å²) in [6, 6.07) is 6.70. The quantitative estimate of drug-likeness (QED) is 0.279. The van der Waals surface area contributed by atoms with Crippen molar-refractivity contribution in [2.24, 2.45) is 5.73 Å². The maximum atomic E-state index is 13.7. The van der Waals surface area contributed by atoms with Crippen LogP contribution in [0.2, 0.25) is 0 Å². The van der Waals surface area contributed by atoms with Crippen LogP contribution < -0.4 is 16.4 Å². The minimum atomic E-state index is -1.24. The smallest absolute Gasteiger partial charge is 0.408 e. The SMILES string of the molecule is CCCCCNC(=O)C(c1ccccc1C)N(CC#N)C(=O)C(CCC(N)=O)NC(=O)OC(C)(C)C. The molecule has 10 nitrogen and oxygen atoms in total. The van der Waals surface area contributed by atoms with Crippen LogP contribution in [0.4, 0.5) is 4.79 Å². The molecule has 0 radical (unpaired) electrons. The van der Waals surface area contributed by atoms with E-state index in [1.807, 2.05) is 25.1 Å². The van der Waals surface area contributed by atoms with E-state index in [1.165, 1.54) is 0 Å². The number of primary amides is 1. The van der Waals surface area contributed by atoms with Crippen molar-refractivity contribution in [1.82, 2.24) is 15.5 Å². The number of hydrogen-bond acceptors (Lipinski definition) is 6. The summed E-state index contributed by atoms with van der Waals surface area (Å²) in [7, 11) is 0. The Balaban J connectivity index is 3.39. The van der Waals surface area contributed by atoms with Crippen molar-refractivity contribution >= 4 is 23.8 Å². The molecule has 0 aromatic heterocycles. The number of hydrogen-bond donors (Lipinski definition) is 3. The fourth-order valence-corrected chi connectivity index (χ4v) is 3.59. The Morgan fingerprint density at radius 3 is 2.39 bits per heavy atom. The number of aryl methyl sites for hydroxylation is 1. The topological polar surface area (TPSA) is 155 Å².